The van der Waals surface area contributed by atoms with Gasteiger partial charge in [0, 0.05) is 29.8 Å². The zero-order valence-corrected chi connectivity index (χ0v) is 17.2. The van der Waals surface area contributed by atoms with Gasteiger partial charge < -0.3 is 19.6 Å². The van der Waals surface area contributed by atoms with Gasteiger partial charge in [-0.05, 0) is 47.2 Å². The van der Waals surface area contributed by atoms with E-state index in [1.807, 2.05) is 0 Å². The van der Waals surface area contributed by atoms with Gasteiger partial charge in [0.1, 0.15) is 17.8 Å². The third kappa shape index (κ3) is 5.66. The van der Waals surface area contributed by atoms with Gasteiger partial charge in [0.25, 0.3) is 0 Å². The summed E-state index contributed by atoms with van der Waals surface area (Å²) in [7, 11) is 0. The Morgan fingerprint density at radius 2 is 1.75 bits per heavy atom. The Balaban J connectivity index is 1.64. The number of fused-ring (bicyclic) bond motifs is 1. The molecule has 0 amide bonds. The maximum absolute atomic E-state index is 12.6. The molecule has 7 nitrogen and oxygen atoms in total. The van der Waals surface area contributed by atoms with Crippen LogP contribution in [0.4, 0.5) is 0 Å². The second kappa shape index (κ2) is 10.7. The average molecular weight is 431 g/mol. The lowest BCUT2D eigenvalue weighted by Crippen LogP contribution is -2.10. The molecule has 0 aliphatic carbocycles. The summed E-state index contributed by atoms with van der Waals surface area (Å²) < 4.78 is 16.0. The molecule has 162 valence electrons. The monoisotopic (exact) mass is 431 g/mol. The van der Waals surface area contributed by atoms with E-state index in [2.05, 4.69) is 6.58 Å². The van der Waals surface area contributed by atoms with Gasteiger partial charge in [0.05, 0.1) is 18.8 Å². The maximum Gasteiger partial charge on any atom is 0.343 e. The van der Waals surface area contributed by atoms with Crippen LogP contribution in [0, 0.1) is 5.41 Å². The first-order valence-electron chi connectivity index (χ1n) is 9.81. The van der Waals surface area contributed by atoms with Crippen LogP contribution in [-0.2, 0) is 9.53 Å². The minimum Gasteiger partial charge on any atom is -0.493 e. The number of carbonyl (C=O) groups excluding carboxylic acids is 3. The highest BCUT2D eigenvalue weighted by molar-refractivity contribution is 5.95. The molecule has 0 saturated heterocycles. The van der Waals surface area contributed by atoms with Crippen LogP contribution >= 0.6 is 0 Å². The van der Waals surface area contributed by atoms with E-state index in [-0.39, 0.29) is 18.8 Å². The summed E-state index contributed by atoms with van der Waals surface area (Å²) in [5, 5.41) is 9.30. The fourth-order valence-electron chi connectivity index (χ4n) is 2.94. The summed E-state index contributed by atoms with van der Waals surface area (Å²) in [6, 6.07) is 15.0. The molecule has 0 aliphatic heterocycles. The van der Waals surface area contributed by atoms with Crippen molar-refractivity contribution in [3.05, 3.63) is 83.9 Å². The average Bonchev–Trinajstić information content (AvgIpc) is 2.83. The highest BCUT2D eigenvalue weighted by Gasteiger charge is 2.13. The van der Waals surface area contributed by atoms with Crippen molar-refractivity contribution in [3.8, 4) is 11.5 Å². The lowest BCUT2D eigenvalue weighted by molar-refractivity contribution is -0.137. The van der Waals surface area contributed by atoms with Gasteiger partial charge >= 0.3 is 11.9 Å². The fraction of sp³-hybridized carbons (Fsp3) is 0.120. The zero-order chi connectivity index (χ0) is 22.9. The third-order valence-electron chi connectivity index (χ3n) is 4.54. The van der Waals surface area contributed by atoms with Gasteiger partial charge in [-0.2, -0.15) is 0 Å². The number of hydrogen-bond donors (Lipinski definition) is 1. The number of nitrogens with one attached hydrogen (secondary N) is 1. The molecule has 0 aliphatic rings. The van der Waals surface area contributed by atoms with Crippen molar-refractivity contribution in [2.45, 2.75) is 6.42 Å². The number of aldehydes is 1. The number of hydrogen-bond acceptors (Lipinski definition) is 7. The number of rotatable bonds is 10. The van der Waals surface area contributed by atoms with Gasteiger partial charge in [0.2, 0.25) is 0 Å². The van der Waals surface area contributed by atoms with Crippen molar-refractivity contribution in [1.82, 2.24) is 0 Å². The Hall–Kier alpha value is -4.26. The van der Waals surface area contributed by atoms with Crippen molar-refractivity contribution in [1.29, 1.82) is 5.41 Å². The van der Waals surface area contributed by atoms with Crippen LogP contribution in [0.25, 0.3) is 10.8 Å². The summed E-state index contributed by atoms with van der Waals surface area (Å²) in [4.78, 5) is 34.5. The van der Waals surface area contributed by atoms with Crippen LogP contribution in [-0.4, -0.2) is 37.7 Å². The predicted molar refractivity (Wildman–Crippen MR) is 120 cm³/mol. The summed E-state index contributed by atoms with van der Waals surface area (Å²) in [6.45, 7) is 3.79. The molecule has 0 atom stereocenters. The molecule has 0 spiro atoms. The van der Waals surface area contributed by atoms with E-state index in [0.717, 1.165) is 29.3 Å². The summed E-state index contributed by atoms with van der Waals surface area (Å²) in [5.74, 6) is -0.263. The van der Waals surface area contributed by atoms with E-state index in [0.29, 0.717) is 29.0 Å². The number of carbonyl (C=O) groups is 3. The van der Waals surface area contributed by atoms with Gasteiger partial charge in [-0.3, -0.25) is 4.79 Å². The second-order valence-electron chi connectivity index (χ2n) is 6.75. The Morgan fingerprint density at radius 1 is 0.969 bits per heavy atom. The van der Waals surface area contributed by atoms with E-state index in [4.69, 9.17) is 19.6 Å². The highest BCUT2D eigenvalue weighted by atomic mass is 16.5. The smallest absolute Gasteiger partial charge is 0.343 e. The topological polar surface area (TPSA) is 103 Å². The first-order valence-corrected chi connectivity index (χ1v) is 9.81. The van der Waals surface area contributed by atoms with Gasteiger partial charge in [-0.25, -0.2) is 9.59 Å². The quantitative estimate of drug-likeness (QED) is 0.128. The van der Waals surface area contributed by atoms with Crippen LogP contribution in [0.15, 0.2) is 67.3 Å². The number of esters is 2. The molecule has 0 aromatic heterocycles. The molecular weight excluding hydrogens is 410 g/mol. The van der Waals surface area contributed by atoms with Crippen molar-refractivity contribution >= 4 is 35.2 Å². The molecule has 32 heavy (non-hydrogen) atoms. The Bertz CT molecular complexity index is 1180. The van der Waals surface area contributed by atoms with Crippen molar-refractivity contribution in [2.75, 3.05) is 13.2 Å². The Labute approximate surface area is 184 Å². The molecule has 0 radical (unpaired) electrons. The second-order valence-corrected chi connectivity index (χ2v) is 6.75. The van der Waals surface area contributed by atoms with E-state index in [9.17, 15) is 14.4 Å². The van der Waals surface area contributed by atoms with E-state index in [1.165, 1.54) is 6.07 Å². The number of benzene rings is 3. The molecule has 0 bridgehead atoms. The first kappa shape index (κ1) is 22.4. The Morgan fingerprint density at radius 3 is 2.50 bits per heavy atom. The van der Waals surface area contributed by atoms with Crippen LogP contribution in [0.1, 0.15) is 32.7 Å². The molecule has 0 unspecified atom stereocenters. The molecule has 3 aromatic rings. The van der Waals surface area contributed by atoms with Crippen LogP contribution in [0.5, 0.6) is 11.5 Å². The molecule has 7 heteroatoms. The lowest BCUT2D eigenvalue weighted by atomic mass is 10.1. The molecule has 1 N–H and O–H groups in total. The molecule has 3 rings (SSSR count). The van der Waals surface area contributed by atoms with E-state index in [1.54, 1.807) is 48.5 Å². The normalized spacial score (nSPS) is 10.2. The third-order valence-corrected chi connectivity index (χ3v) is 4.54. The summed E-state index contributed by atoms with van der Waals surface area (Å²) in [6.07, 6.45) is 3.42. The fourth-order valence-corrected chi connectivity index (χ4v) is 2.94. The molecule has 0 saturated carbocycles. The molecular formula is C25H21NO6. The standard InChI is InChI=1S/C25H21NO6/c1-2-24(28)31-11-3-10-30-23-9-7-20(13-21(23)15-26)25(29)32-22-8-6-18-12-17(16-27)4-5-19(18)14-22/h2,4-9,12-16,26H,1,3,10-11H2. The van der Waals surface area contributed by atoms with Gasteiger partial charge in [-0.1, -0.05) is 24.8 Å². The van der Waals surface area contributed by atoms with E-state index >= 15 is 0 Å². The Kier molecular flexibility index (Phi) is 7.48. The van der Waals surface area contributed by atoms with Crippen molar-refractivity contribution < 1.29 is 28.6 Å². The maximum atomic E-state index is 12.6. The summed E-state index contributed by atoms with van der Waals surface area (Å²) in [5.41, 5.74) is 1.26. The summed E-state index contributed by atoms with van der Waals surface area (Å²) >= 11 is 0. The SMILES string of the molecule is C=CC(=O)OCCCOc1ccc(C(=O)Oc2ccc3cc(C=O)ccc3c2)cc1C=N. The minimum absolute atomic E-state index is 0.192. The number of ether oxygens (including phenoxy) is 3. The van der Waals surface area contributed by atoms with Gasteiger partial charge in [0.15, 0.2) is 0 Å². The molecule has 3 aromatic carbocycles. The zero-order valence-electron chi connectivity index (χ0n) is 17.2. The molecule has 0 fully saturated rings. The molecule has 0 heterocycles. The van der Waals surface area contributed by atoms with E-state index < -0.39 is 11.9 Å². The van der Waals surface area contributed by atoms with Crippen LogP contribution in [0.2, 0.25) is 0 Å². The van der Waals surface area contributed by atoms with Crippen LogP contribution in [0.3, 0.4) is 0 Å². The van der Waals surface area contributed by atoms with Crippen molar-refractivity contribution in [3.63, 3.8) is 0 Å². The predicted octanol–water partition coefficient (Wildman–Crippen LogP) is 4.37. The first-order chi connectivity index (χ1) is 15.5. The van der Waals surface area contributed by atoms with Crippen molar-refractivity contribution in [2.24, 2.45) is 0 Å². The highest BCUT2D eigenvalue weighted by Crippen LogP contribution is 2.24. The van der Waals surface area contributed by atoms with Crippen LogP contribution < -0.4 is 9.47 Å². The minimum atomic E-state index is -0.570. The largest absolute Gasteiger partial charge is 0.493 e. The lowest BCUT2D eigenvalue weighted by Gasteiger charge is -2.11. The van der Waals surface area contributed by atoms with Gasteiger partial charge in [-0.15, -0.1) is 0 Å².